The Kier molecular flexibility index (Phi) is 4.18. The minimum atomic E-state index is 0.503. The molecule has 3 rings (SSSR count). The summed E-state index contributed by atoms with van der Waals surface area (Å²) in [4.78, 5) is 4.41. The molecular weight excluding hydrogens is 293 g/mol. The molecule has 1 aromatic heterocycles. The van der Waals surface area contributed by atoms with E-state index in [0.29, 0.717) is 16.1 Å². The Morgan fingerprint density at radius 2 is 1.95 bits per heavy atom. The van der Waals surface area contributed by atoms with Crippen LogP contribution in [0.4, 0.5) is 5.95 Å². The summed E-state index contributed by atoms with van der Waals surface area (Å²) in [5.74, 6) is 0.834. The van der Waals surface area contributed by atoms with Crippen molar-refractivity contribution in [2.75, 3.05) is 5.32 Å². The second-order valence-electron chi connectivity index (χ2n) is 5.20. The van der Waals surface area contributed by atoms with E-state index in [2.05, 4.69) is 10.3 Å². The normalized spacial score (nSPS) is 16.3. The fourth-order valence-corrected chi connectivity index (χ4v) is 3.08. The molecule has 1 N–H and O–H groups in total. The van der Waals surface area contributed by atoms with Crippen LogP contribution in [0.15, 0.2) is 30.6 Å². The molecule has 1 fully saturated rings. The highest BCUT2D eigenvalue weighted by Gasteiger charge is 2.16. The van der Waals surface area contributed by atoms with Crippen LogP contribution in [0.25, 0.3) is 5.69 Å². The second kappa shape index (κ2) is 6.06. The van der Waals surface area contributed by atoms with Crippen LogP contribution in [0.5, 0.6) is 0 Å². The zero-order valence-corrected chi connectivity index (χ0v) is 12.7. The summed E-state index contributed by atoms with van der Waals surface area (Å²) in [6, 6.07) is 5.96. The van der Waals surface area contributed by atoms with E-state index < -0.39 is 0 Å². The van der Waals surface area contributed by atoms with Gasteiger partial charge >= 0.3 is 0 Å². The van der Waals surface area contributed by atoms with Crippen LogP contribution >= 0.6 is 23.2 Å². The largest absolute Gasteiger partial charge is 0.353 e. The third-order valence-corrected chi connectivity index (χ3v) is 4.30. The molecule has 1 aliphatic rings. The molecule has 1 aromatic carbocycles. The van der Waals surface area contributed by atoms with Crippen molar-refractivity contribution in [3.8, 4) is 5.69 Å². The van der Waals surface area contributed by atoms with E-state index in [0.717, 1.165) is 11.6 Å². The van der Waals surface area contributed by atoms with Crippen molar-refractivity contribution in [1.82, 2.24) is 9.55 Å². The van der Waals surface area contributed by atoms with Gasteiger partial charge in [-0.2, -0.15) is 0 Å². The smallest absolute Gasteiger partial charge is 0.207 e. The first-order valence-electron chi connectivity index (χ1n) is 6.99. The van der Waals surface area contributed by atoms with Gasteiger partial charge in [0.1, 0.15) is 0 Å². The van der Waals surface area contributed by atoms with Gasteiger partial charge in [-0.25, -0.2) is 4.98 Å². The van der Waals surface area contributed by atoms with Gasteiger partial charge in [0, 0.05) is 23.5 Å². The number of nitrogens with zero attached hydrogens (tertiary/aromatic N) is 2. The lowest BCUT2D eigenvalue weighted by Gasteiger charge is -2.23. The van der Waals surface area contributed by atoms with Gasteiger partial charge in [0.2, 0.25) is 5.95 Å². The molecule has 0 saturated heterocycles. The Morgan fingerprint density at radius 1 is 1.15 bits per heavy atom. The zero-order valence-electron chi connectivity index (χ0n) is 11.1. The summed E-state index contributed by atoms with van der Waals surface area (Å²) in [5, 5.41) is 4.86. The minimum Gasteiger partial charge on any atom is -0.353 e. The number of imidazole rings is 1. The molecule has 1 heterocycles. The van der Waals surface area contributed by atoms with Gasteiger partial charge in [-0.1, -0.05) is 42.5 Å². The number of hydrogen-bond acceptors (Lipinski definition) is 2. The number of halogens is 2. The first-order valence-corrected chi connectivity index (χ1v) is 7.75. The van der Waals surface area contributed by atoms with Gasteiger partial charge in [-0.3, -0.25) is 4.57 Å². The Bertz CT molecular complexity index is 589. The Balaban J connectivity index is 1.87. The Hall–Kier alpha value is -1.19. The summed E-state index contributed by atoms with van der Waals surface area (Å²) in [5.41, 5.74) is 0.856. The van der Waals surface area contributed by atoms with Crippen LogP contribution in [0.1, 0.15) is 32.1 Å². The van der Waals surface area contributed by atoms with E-state index in [9.17, 15) is 0 Å². The number of benzene rings is 1. The maximum Gasteiger partial charge on any atom is 0.207 e. The molecule has 0 spiro atoms. The third-order valence-electron chi connectivity index (χ3n) is 3.75. The van der Waals surface area contributed by atoms with Crippen molar-refractivity contribution in [1.29, 1.82) is 0 Å². The van der Waals surface area contributed by atoms with Crippen LogP contribution in [0, 0.1) is 0 Å². The quantitative estimate of drug-likeness (QED) is 0.871. The van der Waals surface area contributed by atoms with Gasteiger partial charge in [0.05, 0.1) is 10.7 Å². The van der Waals surface area contributed by atoms with Crippen LogP contribution in [-0.2, 0) is 0 Å². The standard InChI is InChI=1S/C15H17Cl2N3/c16-11-6-7-13(17)14(10-11)20-9-8-18-15(20)19-12-4-2-1-3-5-12/h6-10,12H,1-5H2,(H,18,19). The average Bonchev–Trinajstić information content (AvgIpc) is 2.91. The van der Waals surface area contributed by atoms with Crippen molar-refractivity contribution in [3.63, 3.8) is 0 Å². The highest BCUT2D eigenvalue weighted by atomic mass is 35.5. The molecule has 3 nitrogen and oxygen atoms in total. The lowest BCUT2D eigenvalue weighted by atomic mass is 9.96. The Labute approximate surface area is 128 Å². The van der Waals surface area contributed by atoms with Crippen LogP contribution < -0.4 is 5.32 Å². The Morgan fingerprint density at radius 3 is 2.75 bits per heavy atom. The van der Waals surface area contributed by atoms with Crippen molar-refractivity contribution < 1.29 is 0 Å². The number of hydrogen-bond donors (Lipinski definition) is 1. The summed E-state index contributed by atoms with van der Waals surface area (Å²) < 4.78 is 1.96. The van der Waals surface area contributed by atoms with Crippen molar-refractivity contribution in [2.45, 2.75) is 38.1 Å². The van der Waals surface area contributed by atoms with E-state index in [1.54, 1.807) is 12.3 Å². The number of rotatable bonds is 3. The topological polar surface area (TPSA) is 29.9 Å². The van der Waals surface area contributed by atoms with Gasteiger partial charge in [-0.05, 0) is 31.0 Å². The number of nitrogens with one attached hydrogen (secondary N) is 1. The first kappa shape index (κ1) is 13.8. The van der Waals surface area contributed by atoms with Crippen LogP contribution in [0.3, 0.4) is 0 Å². The van der Waals surface area contributed by atoms with E-state index in [-0.39, 0.29) is 0 Å². The zero-order chi connectivity index (χ0) is 13.9. The van der Waals surface area contributed by atoms with E-state index in [4.69, 9.17) is 23.2 Å². The predicted molar refractivity (Wildman–Crippen MR) is 84.1 cm³/mol. The summed E-state index contributed by atoms with van der Waals surface area (Å²) in [6.07, 6.45) is 10.0. The van der Waals surface area contributed by atoms with Gasteiger partial charge in [0.25, 0.3) is 0 Å². The van der Waals surface area contributed by atoms with E-state index in [1.807, 2.05) is 22.9 Å². The van der Waals surface area contributed by atoms with Crippen molar-refractivity contribution in [3.05, 3.63) is 40.6 Å². The third kappa shape index (κ3) is 2.94. The molecule has 2 aromatic rings. The van der Waals surface area contributed by atoms with Gasteiger partial charge in [-0.15, -0.1) is 0 Å². The maximum atomic E-state index is 6.27. The molecule has 5 heteroatoms. The van der Waals surface area contributed by atoms with Crippen LogP contribution in [-0.4, -0.2) is 15.6 Å². The molecule has 1 saturated carbocycles. The summed E-state index contributed by atoms with van der Waals surface area (Å²) in [7, 11) is 0. The van der Waals surface area contributed by atoms with Gasteiger partial charge < -0.3 is 5.32 Å². The lowest BCUT2D eigenvalue weighted by molar-refractivity contribution is 0.460. The molecule has 0 radical (unpaired) electrons. The molecule has 0 aliphatic heterocycles. The fourth-order valence-electron chi connectivity index (χ4n) is 2.70. The minimum absolute atomic E-state index is 0.503. The molecule has 0 amide bonds. The van der Waals surface area contributed by atoms with Crippen LogP contribution in [0.2, 0.25) is 10.0 Å². The first-order chi connectivity index (χ1) is 9.74. The summed E-state index contributed by atoms with van der Waals surface area (Å²) >= 11 is 12.3. The van der Waals surface area contributed by atoms with Crippen molar-refractivity contribution in [2.24, 2.45) is 0 Å². The molecule has 0 bridgehead atoms. The summed E-state index contributed by atoms with van der Waals surface area (Å²) in [6.45, 7) is 0. The molecule has 106 valence electrons. The van der Waals surface area contributed by atoms with Gasteiger partial charge in [0.15, 0.2) is 0 Å². The highest BCUT2D eigenvalue weighted by Crippen LogP contribution is 2.28. The highest BCUT2D eigenvalue weighted by molar-refractivity contribution is 6.34. The lowest BCUT2D eigenvalue weighted by Crippen LogP contribution is -2.24. The predicted octanol–water partition coefficient (Wildman–Crippen LogP) is 4.92. The average molecular weight is 310 g/mol. The maximum absolute atomic E-state index is 6.27. The molecular formula is C15H17Cl2N3. The molecule has 1 aliphatic carbocycles. The van der Waals surface area contributed by atoms with Crippen molar-refractivity contribution >= 4 is 29.2 Å². The van der Waals surface area contributed by atoms with E-state index in [1.165, 1.54) is 32.1 Å². The monoisotopic (exact) mass is 309 g/mol. The SMILES string of the molecule is Clc1ccc(Cl)c(-n2ccnc2NC2CCCCC2)c1. The van der Waals surface area contributed by atoms with E-state index >= 15 is 0 Å². The molecule has 20 heavy (non-hydrogen) atoms. The number of anilines is 1. The second-order valence-corrected chi connectivity index (χ2v) is 6.04. The fraction of sp³-hybridized carbons (Fsp3) is 0.400. The number of aromatic nitrogens is 2. The molecule has 0 unspecified atom stereocenters. The molecule has 0 atom stereocenters.